The normalized spacial score (nSPS) is 11.6. The summed E-state index contributed by atoms with van der Waals surface area (Å²) in [5.74, 6) is 1.19. The van der Waals surface area contributed by atoms with Gasteiger partial charge in [0, 0.05) is 11.8 Å². The number of carbonyl (C=O) groups excluding carboxylic acids is 2. The van der Waals surface area contributed by atoms with E-state index in [1.807, 2.05) is 6.92 Å². The topological polar surface area (TPSA) is 110 Å². The van der Waals surface area contributed by atoms with Gasteiger partial charge in [-0.15, -0.1) is 0 Å². The quantitative estimate of drug-likeness (QED) is 0.600. The summed E-state index contributed by atoms with van der Waals surface area (Å²) < 4.78 is 16.5. The third-order valence-electron chi connectivity index (χ3n) is 4.15. The van der Waals surface area contributed by atoms with Crippen molar-refractivity contribution < 1.29 is 23.8 Å². The van der Waals surface area contributed by atoms with Crippen LogP contribution in [0.4, 0.5) is 10.5 Å². The van der Waals surface area contributed by atoms with Gasteiger partial charge in [0.05, 0.1) is 12.2 Å². The highest BCUT2D eigenvalue weighted by Crippen LogP contribution is 2.29. The van der Waals surface area contributed by atoms with Gasteiger partial charge in [-0.2, -0.15) is 5.26 Å². The number of amides is 2. The highest BCUT2D eigenvalue weighted by atomic mass is 16.6. The zero-order chi connectivity index (χ0) is 23.7. The molecule has 2 aromatic rings. The van der Waals surface area contributed by atoms with Crippen LogP contribution in [0.3, 0.4) is 0 Å². The fourth-order valence-corrected chi connectivity index (χ4v) is 2.71. The Hall–Kier alpha value is -3.73. The van der Waals surface area contributed by atoms with Crippen molar-refractivity contribution in [3.8, 4) is 23.3 Å². The number of rotatable bonds is 8. The summed E-state index contributed by atoms with van der Waals surface area (Å²) in [5.41, 5.74) is 0.344. The van der Waals surface area contributed by atoms with Crippen molar-refractivity contribution in [2.24, 2.45) is 0 Å². The van der Waals surface area contributed by atoms with Gasteiger partial charge in [0.1, 0.15) is 35.0 Å². The number of alkyl carbamates (subject to hydrolysis) is 1. The first-order valence-corrected chi connectivity index (χ1v) is 10.4. The van der Waals surface area contributed by atoms with Gasteiger partial charge in [-0.25, -0.2) is 4.79 Å². The number of anilines is 1. The second-order valence-corrected chi connectivity index (χ2v) is 7.93. The van der Waals surface area contributed by atoms with Gasteiger partial charge in [0.15, 0.2) is 0 Å². The molecule has 8 nitrogen and oxygen atoms in total. The minimum absolute atomic E-state index is 0.347. The Kier molecular flexibility index (Phi) is 8.47. The van der Waals surface area contributed by atoms with Crippen LogP contribution in [0, 0.1) is 11.3 Å². The smallest absolute Gasteiger partial charge is 0.408 e. The third kappa shape index (κ3) is 7.51. The zero-order valence-electron chi connectivity index (χ0n) is 19.0. The molecular formula is C24H29N3O5. The predicted octanol–water partition coefficient (Wildman–Crippen LogP) is 4.99. The standard InChI is InChI=1S/C24H29N3O5/c1-6-20(27-23(29)32-24(3,4)5)22(28)26-17-9-12-18(13-10-17)31-19-11-8-16(15-25)21(14-19)30-7-2/h8-14,20H,6-7H2,1-5H3,(H,26,28)(H,27,29). The van der Waals surface area contributed by atoms with E-state index in [0.29, 0.717) is 41.5 Å². The van der Waals surface area contributed by atoms with Crippen molar-refractivity contribution in [1.82, 2.24) is 5.32 Å². The molecule has 0 bridgehead atoms. The van der Waals surface area contributed by atoms with Crippen molar-refractivity contribution in [2.75, 3.05) is 11.9 Å². The Balaban J connectivity index is 2.00. The molecule has 2 rings (SSSR count). The lowest BCUT2D eigenvalue weighted by molar-refractivity contribution is -0.118. The van der Waals surface area contributed by atoms with E-state index in [2.05, 4.69) is 16.7 Å². The van der Waals surface area contributed by atoms with Gasteiger partial charge in [-0.3, -0.25) is 4.79 Å². The molecule has 0 saturated heterocycles. The highest BCUT2D eigenvalue weighted by Gasteiger charge is 2.23. The summed E-state index contributed by atoms with van der Waals surface area (Å²) in [7, 11) is 0. The molecule has 0 fully saturated rings. The largest absolute Gasteiger partial charge is 0.492 e. The molecule has 0 spiro atoms. The molecule has 0 aromatic heterocycles. The molecule has 170 valence electrons. The molecule has 0 saturated carbocycles. The number of nitrogens with zero attached hydrogens (tertiary/aromatic N) is 1. The average Bonchev–Trinajstić information content (AvgIpc) is 2.72. The van der Waals surface area contributed by atoms with Crippen LogP contribution in [0.2, 0.25) is 0 Å². The Morgan fingerprint density at radius 1 is 1.06 bits per heavy atom. The number of carbonyl (C=O) groups is 2. The SMILES string of the molecule is CCOc1cc(Oc2ccc(NC(=O)C(CC)NC(=O)OC(C)(C)C)cc2)ccc1C#N. The Morgan fingerprint density at radius 3 is 2.28 bits per heavy atom. The molecule has 1 atom stereocenters. The third-order valence-corrected chi connectivity index (χ3v) is 4.15. The number of nitriles is 1. The van der Waals surface area contributed by atoms with Gasteiger partial charge < -0.3 is 24.8 Å². The number of nitrogens with one attached hydrogen (secondary N) is 2. The molecule has 0 heterocycles. The lowest BCUT2D eigenvalue weighted by Gasteiger charge is -2.22. The first-order chi connectivity index (χ1) is 15.1. The zero-order valence-corrected chi connectivity index (χ0v) is 19.0. The van der Waals surface area contributed by atoms with Crippen LogP contribution in [0.25, 0.3) is 0 Å². The van der Waals surface area contributed by atoms with Crippen LogP contribution in [-0.4, -0.2) is 30.3 Å². The van der Waals surface area contributed by atoms with Crippen molar-refractivity contribution in [3.05, 3.63) is 48.0 Å². The summed E-state index contributed by atoms with van der Waals surface area (Å²) in [5, 5.41) is 14.5. The van der Waals surface area contributed by atoms with E-state index in [0.717, 1.165) is 0 Å². The van der Waals surface area contributed by atoms with Crippen LogP contribution in [0.5, 0.6) is 17.2 Å². The maximum atomic E-state index is 12.5. The molecule has 0 aliphatic carbocycles. The lowest BCUT2D eigenvalue weighted by Crippen LogP contribution is -2.45. The van der Waals surface area contributed by atoms with Crippen LogP contribution in [0.15, 0.2) is 42.5 Å². The van der Waals surface area contributed by atoms with E-state index in [1.54, 1.807) is 70.2 Å². The summed E-state index contributed by atoms with van der Waals surface area (Å²) >= 11 is 0. The molecular weight excluding hydrogens is 410 g/mol. The summed E-state index contributed by atoms with van der Waals surface area (Å²) in [6.07, 6.45) is -0.232. The molecule has 8 heteroatoms. The van der Waals surface area contributed by atoms with Gasteiger partial charge in [0.25, 0.3) is 0 Å². The fourth-order valence-electron chi connectivity index (χ4n) is 2.71. The van der Waals surface area contributed by atoms with Crippen molar-refractivity contribution in [3.63, 3.8) is 0 Å². The Bertz CT molecular complexity index is 975. The van der Waals surface area contributed by atoms with Gasteiger partial charge in [0.2, 0.25) is 5.91 Å². The molecule has 2 amide bonds. The second-order valence-electron chi connectivity index (χ2n) is 7.93. The van der Waals surface area contributed by atoms with Crippen LogP contribution in [0.1, 0.15) is 46.6 Å². The number of ether oxygens (including phenoxy) is 3. The first-order valence-electron chi connectivity index (χ1n) is 10.4. The van der Waals surface area contributed by atoms with Crippen LogP contribution in [-0.2, 0) is 9.53 Å². The monoisotopic (exact) mass is 439 g/mol. The lowest BCUT2D eigenvalue weighted by atomic mass is 10.2. The van der Waals surface area contributed by atoms with Gasteiger partial charge in [-0.1, -0.05) is 6.92 Å². The number of benzene rings is 2. The highest BCUT2D eigenvalue weighted by molar-refractivity contribution is 5.96. The fraction of sp³-hybridized carbons (Fsp3) is 0.375. The van der Waals surface area contributed by atoms with Crippen LogP contribution >= 0.6 is 0 Å². The maximum absolute atomic E-state index is 12.5. The molecule has 2 N–H and O–H groups in total. The maximum Gasteiger partial charge on any atom is 0.408 e. The Labute approximate surface area is 188 Å². The summed E-state index contributed by atoms with van der Waals surface area (Å²) in [4.78, 5) is 24.5. The second kappa shape index (κ2) is 11.0. The van der Waals surface area contributed by atoms with E-state index in [-0.39, 0.29) is 5.91 Å². The molecule has 32 heavy (non-hydrogen) atoms. The summed E-state index contributed by atoms with van der Waals surface area (Å²) in [6.45, 7) is 9.35. The van der Waals surface area contributed by atoms with Crippen molar-refractivity contribution in [1.29, 1.82) is 5.26 Å². The average molecular weight is 440 g/mol. The molecule has 2 aromatic carbocycles. The van der Waals surface area contributed by atoms with Crippen molar-refractivity contribution in [2.45, 2.75) is 52.7 Å². The van der Waals surface area contributed by atoms with E-state index in [4.69, 9.17) is 19.5 Å². The van der Waals surface area contributed by atoms with E-state index in [1.165, 1.54) is 0 Å². The minimum atomic E-state index is -0.726. The first kappa shape index (κ1) is 24.5. The predicted molar refractivity (Wildman–Crippen MR) is 121 cm³/mol. The van der Waals surface area contributed by atoms with E-state index in [9.17, 15) is 9.59 Å². The van der Waals surface area contributed by atoms with Gasteiger partial charge >= 0.3 is 6.09 Å². The van der Waals surface area contributed by atoms with Crippen molar-refractivity contribution >= 4 is 17.7 Å². The van der Waals surface area contributed by atoms with E-state index >= 15 is 0 Å². The Morgan fingerprint density at radius 2 is 1.72 bits per heavy atom. The molecule has 0 radical (unpaired) electrons. The van der Waals surface area contributed by atoms with Gasteiger partial charge in [-0.05, 0) is 70.5 Å². The number of hydrogen-bond donors (Lipinski definition) is 2. The van der Waals surface area contributed by atoms with Crippen LogP contribution < -0.4 is 20.1 Å². The minimum Gasteiger partial charge on any atom is -0.492 e. The molecule has 1 unspecified atom stereocenters. The summed E-state index contributed by atoms with van der Waals surface area (Å²) in [6, 6.07) is 13.1. The number of hydrogen-bond acceptors (Lipinski definition) is 6. The molecule has 0 aliphatic heterocycles. The van der Waals surface area contributed by atoms with E-state index < -0.39 is 17.7 Å². The molecule has 0 aliphatic rings.